The van der Waals surface area contributed by atoms with Crippen LogP contribution >= 0.6 is 0 Å². The lowest BCUT2D eigenvalue weighted by molar-refractivity contribution is 0.381. The van der Waals surface area contributed by atoms with Crippen molar-refractivity contribution >= 4 is 5.82 Å². The van der Waals surface area contributed by atoms with Gasteiger partial charge in [-0.05, 0) is 31.4 Å². The summed E-state index contributed by atoms with van der Waals surface area (Å²) in [5.41, 5.74) is 1.89. The van der Waals surface area contributed by atoms with Gasteiger partial charge in [0.15, 0.2) is 5.82 Å². The molecule has 1 unspecified atom stereocenters. The van der Waals surface area contributed by atoms with Crippen molar-refractivity contribution in [3.05, 3.63) is 54.5 Å². The van der Waals surface area contributed by atoms with Crippen molar-refractivity contribution in [3.63, 3.8) is 0 Å². The summed E-state index contributed by atoms with van der Waals surface area (Å²) in [6, 6.07) is 5.87. The average Bonchev–Trinajstić information content (AvgIpc) is 3.08. The molecule has 0 aromatic carbocycles. The summed E-state index contributed by atoms with van der Waals surface area (Å²) in [6.07, 6.45) is 9.70. The maximum absolute atomic E-state index is 4.64. The van der Waals surface area contributed by atoms with Crippen LogP contribution in [-0.4, -0.2) is 31.0 Å². The second-order valence-corrected chi connectivity index (χ2v) is 6.24. The Morgan fingerprint density at radius 1 is 1.29 bits per heavy atom. The largest absolute Gasteiger partial charge is 0.370 e. The number of pyridine rings is 1. The minimum atomic E-state index is 0.587. The van der Waals surface area contributed by atoms with Gasteiger partial charge in [0.05, 0.1) is 0 Å². The molecule has 1 aliphatic rings. The van der Waals surface area contributed by atoms with Crippen LogP contribution in [0.1, 0.15) is 17.9 Å². The molecule has 0 amide bonds. The Bertz CT molecular complexity index is 827. The number of anilines is 1. The molecule has 0 fully saturated rings. The Labute approximate surface area is 141 Å². The fraction of sp³-hybridized carbons (Fsp3) is 0.333. The first-order valence-corrected chi connectivity index (χ1v) is 8.28. The first kappa shape index (κ1) is 14.8. The smallest absolute Gasteiger partial charge is 0.163 e. The molecule has 6 nitrogen and oxygen atoms in total. The molecule has 0 aliphatic carbocycles. The number of hydrogen-bond acceptors (Lipinski definition) is 5. The van der Waals surface area contributed by atoms with E-state index in [1.807, 2.05) is 31.3 Å². The van der Waals surface area contributed by atoms with Crippen molar-refractivity contribution in [1.29, 1.82) is 0 Å². The highest BCUT2D eigenvalue weighted by Crippen LogP contribution is 2.20. The van der Waals surface area contributed by atoms with E-state index in [1.165, 1.54) is 5.82 Å². The SMILES string of the molecule is Cc1cc(NCC2CCc3nccn3C2)nc(-c2cccnc2)n1. The number of nitrogens with one attached hydrogen (secondary N) is 1. The van der Waals surface area contributed by atoms with Crippen molar-refractivity contribution < 1.29 is 0 Å². The predicted molar refractivity (Wildman–Crippen MR) is 92.5 cm³/mol. The van der Waals surface area contributed by atoms with Gasteiger partial charge in [-0.2, -0.15) is 0 Å². The lowest BCUT2D eigenvalue weighted by Gasteiger charge is -2.24. The Balaban J connectivity index is 1.46. The number of aromatic nitrogens is 5. The first-order valence-electron chi connectivity index (χ1n) is 8.28. The van der Waals surface area contributed by atoms with Crippen molar-refractivity contribution in [2.45, 2.75) is 26.3 Å². The molecule has 0 spiro atoms. The number of rotatable bonds is 4. The Kier molecular flexibility index (Phi) is 3.94. The van der Waals surface area contributed by atoms with E-state index in [9.17, 15) is 0 Å². The van der Waals surface area contributed by atoms with Gasteiger partial charge in [-0.3, -0.25) is 4.98 Å². The Morgan fingerprint density at radius 3 is 3.12 bits per heavy atom. The second-order valence-electron chi connectivity index (χ2n) is 6.24. The molecule has 122 valence electrons. The highest BCUT2D eigenvalue weighted by Gasteiger charge is 2.18. The molecule has 1 N–H and O–H groups in total. The van der Waals surface area contributed by atoms with Crippen LogP contribution in [0.15, 0.2) is 43.0 Å². The van der Waals surface area contributed by atoms with Crippen LogP contribution in [0.3, 0.4) is 0 Å². The maximum Gasteiger partial charge on any atom is 0.163 e. The predicted octanol–water partition coefficient (Wildman–Crippen LogP) is 2.72. The van der Waals surface area contributed by atoms with Gasteiger partial charge in [0.25, 0.3) is 0 Å². The molecule has 0 saturated heterocycles. The van der Waals surface area contributed by atoms with E-state index >= 15 is 0 Å². The van der Waals surface area contributed by atoms with E-state index in [4.69, 9.17) is 0 Å². The molecule has 1 aliphatic heterocycles. The van der Waals surface area contributed by atoms with Gasteiger partial charge in [0, 0.05) is 61.6 Å². The topological polar surface area (TPSA) is 68.5 Å². The minimum Gasteiger partial charge on any atom is -0.370 e. The van der Waals surface area contributed by atoms with Gasteiger partial charge >= 0.3 is 0 Å². The summed E-state index contributed by atoms with van der Waals surface area (Å²) in [5, 5.41) is 3.48. The van der Waals surface area contributed by atoms with Gasteiger partial charge < -0.3 is 9.88 Å². The molecular weight excluding hydrogens is 300 g/mol. The number of fused-ring (bicyclic) bond motifs is 1. The molecule has 0 saturated carbocycles. The fourth-order valence-corrected chi connectivity index (χ4v) is 3.14. The van der Waals surface area contributed by atoms with Crippen LogP contribution in [0.5, 0.6) is 0 Å². The number of hydrogen-bond donors (Lipinski definition) is 1. The molecular formula is C18H20N6. The summed E-state index contributed by atoms with van der Waals surface area (Å²) in [6.45, 7) is 3.91. The first-order chi connectivity index (χ1) is 11.8. The Hall–Kier alpha value is -2.76. The average molecular weight is 320 g/mol. The molecule has 24 heavy (non-hydrogen) atoms. The zero-order valence-electron chi connectivity index (χ0n) is 13.7. The molecule has 3 aromatic rings. The molecule has 4 heterocycles. The summed E-state index contributed by atoms with van der Waals surface area (Å²) < 4.78 is 2.25. The summed E-state index contributed by atoms with van der Waals surface area (Å²) in [5.74, 6) is 3.37. The zero-order chi connectivity index (χ0) is 16.4. The second kappa shape index (κ2) is 6.39. The maximum atomic E-state index is 4.64. The van der Waals surface area contributed by atoms with Crippen LogP contribution in [0.2, 0.25) is 0 Å². The minimum absolute atomic E-state index is 0.587. The van der Waals surface area contributed by atoms with E-state index in [0.29, 0.717) is 11.7 Å². The third-order valence-electron chi connectivity index (χ3n) is 4.38. The van der Waals surface area contributed by atoms with Crippen molar-refractivity contribution in [3.8, 4) is 11.4 Å². The third-order valence-corrected chi connectivity index (χ3v) is 4.38. The standard InChI is InChI=1S/C18H20N6/c1-13-9-16(23-18(22-13)15-3-2-6-19-11-15)21-10-14-4-5-17-20-7-8-24(17)12-14/h2-3,6-9,11,14H,4-5,10,12H2,1H3,(H,21,22,23). The van der Waals surface area contributed by atoms with Gasteiger partial charge in [-0.15, -0.1) is 0 Å². The highest BCUT2D eigenvalue weighted by molar-refractivity contribution is 5.56. The Morgan fingerprint density at radius 2 is 2.25 bits per heavy atom. The number of nitrogens with zero attached hydrogens (tertiary/aromatic N) is 5. The van der Waals surface area contributed by atoms with Crippen molar-refractivity contribution in [2.75, 3.05) is 11.9 Å². The lowest BCUT2D eigenvalue weighted by Crippen LogP contribution is -2.26. The van der Waals surface area contributed by atoms with E-state index < -0.39 is 0 Å². The number of aryl methyl sites for hydroxylation is 2. The van der Waals surface area contributed by atoms with Crippen molar-refractivity contribution in [2.24, 2.45) is 5.92 Å². The normalized spacial score (nSPS) is 16.6. The van der Waals surface area contributed by atoms with E-state index in [0.717, 1.165) is 43.0 Å². The summed E-state index contributed by atoms with van der Waals surface area (Å²) >= 11 is 0. The van der Waals surface area contributed by atoms with Gasteiger partial charge in [-0.25, -0.2) is 15.0 Å². The molecule has 6 heteroatoms. The summed E-state index contributed by atoms with van der Waals surface area (Å²) in [4.78, 5) is 17.7. The van der Waals surface area contributed by atoms with E-state index in [2.05, 4.69) is 36.0 Å². The fourth-order valence-electron chi connectivity index (χ4n) is 3.14. The molecule has 0 radical (unpaired) electrons. The summed E-state index contributed by atoms with van der Waals surface area (Å²) in [7, 11) is 0. The monoisotopic (exact) mass is 320 g/mol. The van der Waals surface area contributed by atoms with Crippen LogP contribution in [-0.2, 0) is 13.0 Å². The van der Waals surface area contributed by atoms with Gasteiger partial charge in [0.1, 0.15) is 11.6 Å². The van der Waals surface area contributed by atoms with Crippen LogP contribution in [0.4, 0.5) is 5.82 Å². The zero-order valence-corrected chi connectivity index (χ0v) is 13.7. The highest BCUT2D eigenvalue weighted by atomic mass is 15.1. The molecule has 4 rings (SSSR count). The van der Waals surface area contributed by atoms with Crippen LogP contribution in [0, 0.1) is 12.8 Å². The lowest BCUT2D eigenvalue weighted by atomic mass is 9.99. The quantitative estimate of drug-likeness (QED) is 0.800. The number of imidazole rings is 1. The van der Waals surface area contributed by atoms with Crippen LogP contribution < -0.4 is 5.32 Å². The van der Waals surface area contributed by atoms with E-state index in [1.54, 1.807) is 12.4 Å². The molecule has 3 aromatic heterocycles. The van der Waals surface area contributed by atoms with E-state index in [-0.39, 0.29) is 0 Å². The molecule has 0 bridgehead atoms. The van der Waals surface area contributed by atoms with Crippen molar-refractivity contribution in [1.82, 2.24) is 24.5 Å². The molecule has 1 atom stereocenters. The van der Waals surface area contributed by atoms with Gasteiger partial charge in [0.2, 0.25) is 0 Å². The van der Waals surface area contributed by atoms with Gasteiger partial charge in [-0.1, -0.05) is 0 Å². The van der Waals surface area contributed by atoms with Crippen LogP contribution in [0.25, 0.3) is 11.4 Å². The third kappa shape index (κ3) is 3.13.